The highest BCUT2D eigenvalue weighted by Gasteiger charge is 2.14. The number of aromatic nitrogens is 2. The van der Waals surface area contributed by atoms with Crippen molar-refractivity contribution in [2.75, 3.05) is 0 Å². The van der Waals surface area contributed by atoms with Crippen molar-refractivity contribution in [3.63, 3.8) is 0 Å². The van der Waals surface area contributed by atoms with E-state index in [0.29, 0.717) is 5.82 Å². The summed E-state index contributed by atoms with van der Waals surface area (Å²) in [6.07, 6.45) is 4.79. The van der Waals surface area contributed by atoms with Gasteiger partial charge in [-0.3, -0.25) is 4.79 Å². The van der Waals surface area contributed by atoms with Crippen LogP contribution in [0.15, 0.2) is 6.20 Å². The molecule has 0 bridgehead atoms. The molecule has 0 spiro atoms. The minimum absolute atomic E-state index is 0.0761. The molecule has 4 heteroatoms. The minimum atomic E-state index is -0.877. The largest absolute Gasteiger partial charge is 0.481 e. The fourth-order valence-electron chi connectivity index (χ4n) is 1.58. The van der Waals surface area contributed by atoms with Gasteiger partial charge in [0.05, 0.1) is 0 Å². The van der Waals surface area contributed by atoms with Gasteiger partial charge in [-0.1, -0.05) is 0 Å². The molecule has 0 radical (unpaired) electrons. The molecule has 0 unspecified atom stereocenters. The molecule has 1 aliphatic rings. The van der Waals surface area contributed by atoms with Gasteiger partial charge >= 0.3 is 5.97 Å². The Morgan fingerprint density at radius 3 is 3.15 bits per heavy atom. The van der Waals surface area contributed by atoms with E-state index in [0.717, 1.165) is 25.0 Å². The molecule has 68 valence electrons. The third kappa shape index (κ3) is 1.66. The predicted octanol–water partition coefficient (Wildman–Crippen LogP) is 0.592. The fourth-order valence-corrected chi connectivity index (χ4v) is 1.58. The quantitative estimate of drug-likeness (QED) is 0.720. The maximum absolute atomic E-state index is 10.4. The van der Waals surface area contributed by atoms with Crippen molar-refractivity contribution in [2.24, 2.45) is 0 Å². The van der Waals surface area contributed by atoms with Crippen molar-refractivity contribution in [3.05, 3.63) is 23.3 Å². The molecule has 13 heavy (non-hydrogen) atoms. The van der Waals surface area contributed by atoms with Crippen molar-refractivity contribution in [1.82, 2.24) is 9.97 Å². The predicted molar refractivity (Wildman–Crippen MR) is 45.4 cm³/mol. The van der Waals surface area contributed by atoms with Crippen molar-refractivity contribution in [1.29, 1.82) is 0 Å². The highest BCUT2D eigenvalue weighted by molar-refractivity contribution is 5.68. The second-order valence-electron chi connectivity index (χ2n) is 3.18. The van der Waals surface area contributed by atoms with Gasteiger partial charge < -0.3 is 5.11 Å². The van der Waals surface area contributed by atoms with Crippen LogP contribution in [0.4, 0.5) is 0 Å². The van der Waals surface area contributed by atoms with Gasteiger partial charge in [0.15, 0.2) is 0 Å². The maximum Gasteiger partial charge on any atom is 0.311 e. The third-order valence-corrected chi connectivity index (χ3v) is 2.17. The van der Waals surface area contributed by atoms with E-state index in [2.05, 4.69) is 9.97 Å². The Morgan fingerprint density at radius 1 is 1.54 bits per heavy atom. The zero-order chi connectivity index (χ0) is 9.26. The lowest BCUT2D eigenvalue weighted by atomic mass is 10.2. The van der Waals surface area contributed by atoms with E-state index in [9.17, 15) is 4.79 Å². The zero-order valence-corrected chi connectivity index (χ0v) is 7.16. The van der Waals surface area contributed by atoms with Crippen molar-refractivity contribution in [3.8, 4) is 0 Å². The second kappa shape index (κ2) is 3.12. The molecule has 0 aliphatic heterocycles. The number of carbonyl (C=O) groups is 1. The summed E-state index contributed by atoms with van der Waals surface area (Å²) in [5.74, 6) is -0.453. The molecule has 0 aromatic carbocycles. The van der Waals surface area contributed by atoms with Crippen molar-refractivity contribution >= 4 is 5.97 Å². The molecular formula is C9H10N2O2. The first-order valence-electron chi connectivity index (χ1n) is 4.31. The number of rotatable bonds is 2. The Labute approximate surface area is 75.6 Å². The van der Waals surface area contributed by atoms with Gasteiger partial charge in [0, 0.05) is 11.9 Å². The first kappa shape index (κ1) is 8.16. The standard InChI is InChI=1S/C9H10N2O2/c12-9(13)4-8-10-5-6-2-1-3-7(6)11-8/h5H,1-4H2,(H,12,13). The summed E-state index contributed by atoms with van der Waals surface area (Å²) in [5.41, 5.74) is 2.21. The smallest absolute Gasteiger partial charge is 0.311 e. The summed E-state index contributed by atoms with van der Waals surface area (Å²) < 4.78 is 0. The van der Waals surface area contributed by atoms with E-state index < -0.39 is 5.97 Å². The van der Waals surface area contributed by atoms with Gasteiger partial charge in [0.25, 0.3) is 0 Å². The summed E-state index contributed by atoms with van der Waals surface area (Å²) >= 11 is 0. The van der Waals surface area contributed by atoms with Crippen LogP contribution in [-0.4, -0.2) is 21.0 Å². The molecule has 2 rings (SSSR count). The van der Waals surface area contributed by atoms with Crippen molar-refractivity contribution < 1.29 is 9.90 Å². The highest BCUT2D eigenvalue weighted by Crippen LogP contribution is 2.18. The summed E-state index contributed by atoms with van der Waals surface area (Å²) in [7, 11) is 0. The molecule has 1 N–H and O–H groups in total. The summed E-state index contributed by atoms with van der Waals surface area (Å²) in [5, 5.41) is 8.54. The lowest BCUT2D eigenvalue weighted by Gasteiger charge is -1.99. The van der Waals surface area contributed by atoms with Gasteiger partial charge in [0.2, 0.25) is 0 Å². The Bertz CT molecular complexity index is 349. The Kier molecular flexibility index (Phi) is 1.96. The Morgan fingerprint density at radius 2 is 2.38 bits per heavy atom. The fraction of sp³-hybridized carbons (Fsp3) is 0.444. The molecule has 1 aliphatic carbocycles. The molecule has 0 saturated heterocycles. The van der Waals surface area contributed by atoms with Gasteiger partial charge in [-0.25, -0.2) is 9.97 Å². The zero-order valence-electron chi connectivity index (χ0n) is 7.16. The minimum Gasteiger partial charge on any atom is -0.481 e. The molecule has 4 nitrogen and oxygen atoms in total. The normalized spacial score (nSPS) is 14.2. The van der Waals surface area contributed by atoms with E-state index in [1.807, 2.05) is 0 Å². The molecular weight excluding hydrogens is 168 g/mol. The van der Waals surface area contributed by atoms with E-state index >= 15 is 0 Å². The van der Waals surface area contributed by atoms with E-state index in [4.69, 9.17) is 5.11 Å². The van der Waals surface area contributed by atoms with Crippen LogP contribution >= 0.6 is 0 Å². The van der Waals surface area contributed by atoms with Crippen LogP contribution in [0.2, 0.25) is 0 Å². The number of carboxylic acid groups (broad SMARTS) is 1. The van der Waals surface area contributed by atoms with Crippen LogP contribution < -0.4 is 0 Å². The second-order valence-corrected chi connectivity index (χ2v) is 3.18. The first-order valence-corrected chi connectivity index (χ1v) is 4.31. The average Bonchev–Trinajstić information content (AvgIpc) is 2.49. The Hall–Kier alpha value is -1.45. The number of fused-ring (bicyclic) bond motifs is 1. The summed E-state index contributed by atoms with van der Waals surface area (Å²) in [4.78, 5) is 18.6. The average molecular weight is 178 g/mol. The lowest BCUT2D eigenvalue weighted by Crippen LogP contribution is -2.06. The number of carboxylic acids is 1. The van der Waals surface area contributed by atoms with Crippen LogP contribution in [0.3, 0.4) is 0 Å². The molecule has 0 amide bonds. The SMILES string of the molecule is O=C(O)Cc1ncc2c(n1)CCC2. The van der Waals surface area contributed by atoms with E-state index in [1.54, 1.807) is 6.20 Å². The third-order valence-electron chi connectivity index (χ3n) is 2.17. The highest BCUT2D eigenvalue weighted by atomic mass is 16.4. The molecule has 1 aromatic rings. The number of hydrogen-bond donors (Lipinski definition) is 1. The Balaban J connectivity index is 2.25. The van der Waals surface area contributed by atoms with Gasteiger partial charge in [-0.15, -0.1) is 0 Å². The topological polar surface area (TPSA) is 63.1 Å². The van der Waals surface area contributed by atoms with Gasteiger partial charge in [0.1, 0.15) is 12.2 Å². The molecule has 0 saturated carbocycles. The van der Waals surface area contributed by atoms with E-state index in [-0.39, 0.29) is 6.42 Å². The van der Waals surface area contributed by atoms with E-state index in [1.165, 1.54) is 5.56 Å². The summed E-state index contributed by atoms with van der Waals surface area (Å²) in [6, 6.07) is 0. The first-order chi connectivity index (χ1) is 6.25. The molecule has 0 atom stereocenters. The number of aliphatic carboxylic acids is 1. The van der Waals surface area contributed by atoms with Gasteiger partial charge in [-0.2, -0.15) is 0 Å². The van der Waals surface area contributed by atoms with Crippen LogP contribution in [0.25, 0.3) is 0 Å². The number of hydrogen-bond acceptors (Lipinski definition) is 3. The van der Waals surface area contributed by atoms with Crippen molar-refractivity contribution in [2.45, 2.75) is 25.7 Å². The molecule has 1 aromatic heterocycles. The van der Waals surface area contributed by atoms with Crippen LogP contribution in [-0.2, 0) is 24.1 Å². The molecule has 0 fully saturated rings. The van der Waals surface area contributed by atoms with Crippen LogP contribution in [0.1, 0.15) is 23.5 Å². The maximum atomic E-state index is 10.4. The monoisotopic (exact) mass is 178 g/mol. The summed E-state index contributed by atoms with van der Waals surface area (Å²) in [6.45, 7) is 0. The van der Waals surface area contributed by atoms with Gasteiger partial charge in [-0.05, 0) is 24.8 Å². The number of nitrogens with zero attached hydrogens (tertiary/aromatic N) is 2. The lowest BCUT2D eigenvalue weighted by molar-refractivity contribution is -0.136. The number of aryl methyl sites for hydroxylation is 2. The van der Waals surface area contributed by atoms with Crippen LogP contribution in [0.5, 0.6) is 0 Å². The molecule has 1 heterocycles. The van der Waals surface area contributed by atoms with Crippen LogP contribution in [0, 0.1) is 0 Å².